The van der Waals surface area contributed by atoms with E-state index in [1.807, 2.05) is 13.8 Å². The van der Waals surface area contributed by atoms with E-state index in [-0.39, 0.29) is 9.90 Å². The Balaban J connectivity index is 0.000000311. The van der Waals surface area contributed by atoms with Crippen molar-refractivity contribution in [3.63, 3.8) is 0 Å². The van der Waals surface area contributed by atoms with Crippen LogP contribution in [0.5, 0.6) is 0 Å². The molecule has 0 aliphatic heterocycles. The second-order valence-corrected chi connectivity index (χ2v) is 3.50. The van der Waals surface area contributed by atoms with E-state index >= 15 is 0 Å². The summed E-state index contributed by atoms with van der Waals surface area (Å²) >= 11 is 0. The highest BCUT2D eigenvalue weighted by atomic mass is 31.0. The fraction of sp³-hybridized carbons (Fsp3) is 1.00. The third-order valence-corrected chi connectivity index (χ3v) is 2.92. The molecule has 0 aromatic carbocycles. The molecule has 2 saturated carbocycles. The second kappa shape index (κ2) is 5.14. The lowest BCUT2D eigenvalue weighted by Crippen LogP contribution is -1.92. The van der Waals surface area contributed by atoms with Crippen LogP contribution in [0.2, 0.25) is 0 Å². The minimum Gasteiger partial charge on any atom is -0.153 e. The summed E-state index contributed by atoms with van der Waals surface area (Å²) in [6.45, 7) is 6.33. The minimum absolute atomic E-state index is 0. The summed E-state index contributed by atoms with van der Waals surface area (Å²) < 4.78 is 0. The molecule has 0 saturated heterocycles. The smallest absolute Gasteiger partial charge is 0.0380 e. The van der Waals surface area contributed by atoms with Gasteiger partial charge in [0.1, 0.15) is 0 Å². The molecule has 0 radical (unpaired) electrons. The summed E-state index contributed by atoms with van der Waals surface area (Å²) in [7, 11) is 0. The molecule has 0 aromatic heterocycles. The zero-order valence-electron chi connectivity index (χ0n) is 8.27. The molecular formula is C10H23P. The van der Waals surface area contributed by atoms with E-state index < -0.39 is 0 Å². The Morgan fingerprint density at radius 3 is 1.73 bits per heavy atom. The molecule has 0 spiro atoms. The van der Waals surface area contributed by atoms with Crippen molar-refractivity contribution in [2.75, 3.05) is 0 Å². The Morgan fingerprint density at radius 2 is 1.45 bits per heavy atom. The van der Waals surface area contributed by atoms with Crippen molar-refractivity contribution in [2.45, 2.75) is 46.5 Å². The van der Waals surface area contributed by atoms with E-state index in [4.69, 9.17) is 0 Å². The van der Waals surface area contributed by atoms with Crippen LogP contribution >= 0.6 is 9.90 Å². The van der Waals surface area contributed by atoms with Gasteiger partial charge in [0.25, 0.3) is 0 Å². The highest BCUT2D eigenvalue weighted by Crippen LogP contribution is 2.54. The summed E-state index contributed by atoms with van der Waals surface area (Å²) in [5.74, 6) is 3.51. The summed E-state index contributed by atoms with van der Waals surface area (Å²) in [5, 5.41) is 0. The first-order valence-corrected chi connectivity index (χ1v) is 4.90. The van der Waals surface area contributed by atoms with Crippen LogP contribution in [0.3, 0.4) is 0 Å². The van der Waals surface area contributed by atoms with Crippen molar-refractivity contribution < 1.29 is 0 Å². The molecule has 0 amide bonds. The Bertz CT molecular complexity index is 91.0. The standard InChI is InChI=1S/C8H14.C2H6.H3P/c1-2-6-3-7-5-8(7)4-6;1-2;/h6-8H,2-5H2,1H3;1-2H3;1H3. The largest absolute Gasteiger partial charge is 0.153 e. The number of hydrogen-bond donors (Lipinski definition) is 0. The van der Waals surface area contributed by atoms with E-state index in [9.17, 15) is 0 Å². The van der Waals surface area contributed by atoms with Gasteiger partial charge < -0.3 is 0 Å². The van der Waals surface area contributed by atoms with Crippen LogP contribution < -0.4 is 0 Å². The first-order chi connectivity index (χ1) is 4.90. The molecule has 0 aromatic rings. The maximum absolute atomic E-state index is 2.33. The van der Waals surface area contributed by atoms with E-state index in [0.29, 0.717) is 0 Å². The van der Waals surface area contributed by atoms with Gasteiger partial charge in [-0.2, -0.15) is 9.90 Å². The van der Waals surface area contributed by atoms with Gasteiger partial charge in [-0.1, -0.05) is 27.2 Å². The van der Waals surface area contributed by atoms with Crippen molar-refractivity contribution in [1.82, 2.24) is 0 Å². The molecule has 3 atom stereocenters. The van der Waals surface area contributed by atoms with Crippen molar-refractivity contribution in [2.24, 2.45) is 17.8 Å². The third kappa shape index (κ3) is 2.75. The topological polar surface area (TPSA) is 0 Å². The van der Waals surface area contributed by atoms with Gasteiger partial charge in [0.15, 0.2) is 0 Å². The molecule has 0 bridgehead atoms. The molecule has 2 rings (SSSR count). The predicted octanol–water partition coefficient (Wildman–Crippen LogP) is 3.53. The quantitative estimate of drug-likeness (QED) is 0.533. The van der Waals surface area contributed by atoms with Gasteiger partial charge in [0.2, 0.25) is 0 Å². The first-order valence-electron chi connectivity index (χ1n) is 4.90. The van der Waals surface area contributed by atoms with Crippen LogP contribution in [0.1, 0.15) is 46.5 Å². The van der Waals surface area contributed by atoms with E-state index in [1.54, 1.807) is 19.3 Å². The summed E-state index contributed by atoms with van der Waals surface area (Å²) in [4.78, 5) is 0. The van der Waals surface area contributed by atoms with Crippen molar-refractivity contribution in [3.05, 3.63) is 0 Å². The Hall–Kier alpha value is 0.430. The van der Waals surface area contributed by atoms with Crippen LogP contribution in [-0.2, 0) is 0 Å². The fourth-order valence-electron chi connectivity index (χ4n) is 2.17. The number of fused-ring (bicyclic) bond motifs is 1. The van der Waals surface area contributed by atoms with Crippen LogP contribution in [0.25, 0.3) is 0 Å². The molecule has 1 heteroatoms. The van der Waals surface area contributed by atoms with Crippen LogP contribution in [-0.4, -0.2) is 0 Å². The molecule has 2 fully saturated rings. The molecule has 0 heterocycles. The lowest BCUT2D eigenvalue weighted by molar-refractivity contribution is 0.473. The van der Waals surface area contributed by atoms with E-state index in [0.717, 1.165) is 5.92 Å². The lowest BCUT2D eigenvalue weighted by atomic mass is 10.0. The van der Waals surface area contributed by atoms with E-state index in [2.05, 4.69) is 6.92 Å². The van der Waals surface area contributed by atoms with Crippen LogP contribution in [0, 0.1) is 17.8 Å². The lowest BCUT2D eigenvalue weighted by Gasteiger charge is -2.04. The third-order valence-electron chi connectivity index (χ3n) is 2.92. The fourth-order valence-corrected chi connectivity index (χ4v) is 2.17. The van der Waals surface area contributed by atoms with Crippen molar-refractivity contribution >= 4 is 9.90 Å². The first kappa shape index (κ1) is 11.4. The van der Waals surface area contributed by atoms with Gasteiger partial charge in [-0.05, 0) is 37.0 Å². The average molecular weight is 174 g/mol. The number of hydrogen-bond acceptors (Lipinski definition) is 0. The van der Waals surface area contributed by atoms with Gasteiger partial charge in [0.05, 0.1) is 0 Å². The zero-order valence-corrected chi connectivity index (χ0v) is 9.68. The maximum Gasteiger partial charge on any atom is -0.0380 e. The molecule has 3 unspecified atom stereocenters. The predicted molar refractivity (Wildman–Crippen MR) is 57.1 cm³/mol. The van der Waals surface area contributed by atoms with Crippen molar-refractivity contribution in [3.8, 4) is 0 Å². The molecule has 2 aliphatic rings. The van der Waals surface area contributed by atoms with Gasteiger partial charge in [-0.15, -0.1) is 0 Å². The Labute approximate surface area is 74.8 Å². The van der Waals surface area contributed by atoms with Gasteiger partial charge in [0, 0.05) is 0 Å². The van der Waals surface area contributed by atoms with Crippen LogP contribution in [0.15, 0.2) is 0 Å². The summed E-state index contributed by atoms with van der Waals surface area (Å²) in [6.07, 6.45) is 6.16. The highest BCUT2D eigenvalue weighted by molar-refractivity contribution is 6.92. The average Bonchev–Trinajstić information content (AvgIpc) is 2.63. The Kier molecular flexibility index (Phi) is 5.34. The van der Waals surface area contributed by atoms with Gasteiger partial charge in [-0.25, -0.2) is 0 Å². The summed E-state index contributed by atoms with van der Waals surface area (Å²) in [5.41, 5.74) is 0. The SMILES string of the molecule is CC.CCC1CC2CC2C1.P. The van der Waals surface area contributed by atoms with Gasteiger partial charge >= 0.3 is 0 Å². The van der Waals surface area contributed by atoms with E-state index in [1.165, 1.54) is 18.3 Å². The Morgan fingerprint density at radius 1 is 1.00 bits per heavy atom. The van der Waals surface area contributed by atoms with Crippen LogP contribution in [0.4, 0.5) is 0 Å². The molecule has 2 aliphatic carbocycles. The molecule has 11 heavy (non-hydrogen) atoms. The van der Waals surface area contributed by atoms with Gasteiger partial charge in [-0.3, -0.25) is 0 Å². The monoisotopic (exact) mass is 174 g/mol. The normalized spacial score (nSPS) is 37.9. The number of rotatable bonds is 1. The molecular weight excluding hydrogens is 151 g/mol. The van der Waals surface area contributed by atoms with Crippen molar-refractivity contribution in [1.29, 1.82) is 0 Å². The maximum atomic E-state index is 2.33. The molecule has 0 nitrogen and oxygen atoms in total. The molecule has 68 valence electrons. The minimum atomic E-state index is 0. The molecule has 0 N–H and O–H groups in total. The second-order valence-electron chi connectivity index (χ2n) is 3.50. The summed E-state index contributed by atoms with van der Waals surface area (Å²) in [6, 6.07) is 0. The zero-order chi connectivity index (χ0) is 7.56. The highest BCUT2D eigenvalue weighted by Gasteiger charge is 2.44.